The number of ether oxygens (including phenoxy) is 8. The number of carbonyl (C=O) groups is 2. The third kappa shape index (κ3) is 12.5. The van der Waals surface area contributed by atoms with E-state index in [0.717, 1.165) is 33.5 Å². The summed E-state index contributed by atoms with van der Waals surface area (Å²) in [5.74, 6) is -0.916. The molecule has 5 aromatic carbocycles. The molecule has 0 N–H and O–H groups in total. The zero-order valence-electron chi connectivity index (χ0n) is 36.4. The van der Waals surface area contributed by atoms with Crippen LogP contribution in [0.4, 0.5) is 0 Å². The highest BCUT2D eigenvalue weighted by atomic mass is 16.6. The molecule has 3 heterocycles. The molecule has 65 heavy (non-hydrogen) atoms. The predicted octanol–water partition coefficient (Wildman–Crippen LogP) is 8.17. The van der Waals surface area contributed by atoms with Crippen LogP contribution in [0.15, 0.2) is 164 Å². The molecule has 0 spiro atoms. The fourth-order valence-corrected chi connectivity index (χ4v) is 7.85. The van der Waals surface area contributed by atoms with E-state index >= 15 is 0 Å². The first kappa shape index (κ1) is 45.3. The predicted molar refractivity (Wildman–Crippen MR) is 239 cm³/mol. The maximum Gasteiger partial charge on any atom is 0.303 e. The average Bonchev–Trinajstić information content (AvgIpc) is 3.83. The lowest BCUT2D eigenvalue weighted by Crippen LogP contribution is -2.58. The second-order valence-electron chi connectivity index (χ2n) is 15.9. The smallest absolute Gasteiger partial charge is 0.303 e. The fraction of sp³-hybridized carbons (Fsp3) is 0.308. The van der Waals surface area contributed by atoms with Gasteiger partial charge in [0.15, 0.2) is 0 Å². The van der Waals surface area contributed by atoms with Gasteiger partial charge >= 0.3 is 11.9 Å². The van der Waals surface area contributed by atoms with Crippen molar-refractivity contribution in [2.75, 3.05) is 13.2 Å². The highest BCUT2D eigenvalue weighted by Gasteiger charge is 2.50. The van der Waals surface area contributed by atoms with Crippen molar-refractivity contribution in [1.29, 1.82) is 0 Å². The Morgan fingerprint density at radius 3 is 1.66 bits per heavy atom. The summed E-state index contributed by atoms with van der Waals surface area (Å²) in [4.78, 5) is 23.4. The summed E-state index contributed by atoms with van der Waals surface area (Å²) in [6.07, 6.45) is 0.303. The number of hydrogen-bond donors (Lipinski definition) is 0. The van der Waals surface area contributed by atoms with Crippen LogP contribution in [0.1, 0.15) is 59.6 Å². The van der Waals surface area contributed by atoms with E-state index < -0.39 is 60.8 Å². The molecule has 0 bridgehead atoms. The van der Waals surface area contributed by atoms with Crippen molar-refractivity contribution >= 4 is 11.9 Å². The zero-order chi connectivity index (χ0) is 44.8. The Labute approximate surface area is 378 Å². The molecule has 1 saturated heterocycles. The van der Waals surface area contributed by atoms with Crippen LogP contribution in [0.3, 0.4) is 0 Å². The van der Waals surface area contributed by atoms with Gasteiger partial charge in [-0.15, -0.1) is 5.10 Å². The molecular weight excluding hydrogens is 827 g/mol. The first-order chi connectivity index (χ1) is 31.9. The molecule has 8 rings (SSSR count). The first-order valence-corrected chi connectivity index (χ1v) is 21.8. The Morgan fingerprint density at radius 1 is 0.569 bits per heavy atom. The van der Waals surface area contributed by atoms with Crippen molar-refractivity contribution in [3.05, 3.63) is 197 Å². The van der Waals surface area contributed by atoms with E-state index in [-0.39, 0.29) is 19.8 Å². The molecule has 1 fully saturated rings. The van der Waals surface area contributed by atoms with Gasteiger partial charge in [0.1, 0.15) is 61.1 Å². The van der Waals surface area contributed by atoms with E-state index in [1.807, 2.05) is 158 Å². The summed E-state index contributed by atoms with van der Waals surface area (Å²) >= 11 is 0. The van der Waals surface area contributed by atoms with Gasteiger partial charge in [0.2, 0.25) is 0 Å². The normalized spacial score (nSPS) is 22.9. The van der Waals surface area contributed by atoms with E-state index in [2.05, 4.69) is 5.21 Å². The Kier molecular flexibility index (Phi) is 15.7. The lowest BCUT2D eigenvalue weighted by atomic mass is 9.92. The summed E-state index contributed by atoms with van der Waals surface area (Å²) in [6.45, 7) is 4.08. The SMILES string of the molecule is CC(=O)OCC1OC(c2ccc(-n3cc(C4OC(COCc5ccccc5)C(OCc5ccccc5)C(OCc5ccccc5)C4OCc4ccccc4)nn3)cc2)C=CC1OC(C)=O. The lowest BCUT2D eigenvalue weighted by Gasteiger charge is -2.45. The number of rotatable bonds is 19. The highest BCUT2D eigenvalue weighted by molar-refractivity contribution is 5.67. The summed E-state index contributed by atoms with van der Waals surface area (Å²) < 4.78 is 52.7. The summed E-state index contributed by atoms with van der Waals surface area (Å²) in [5.41, 5.74) is 6.15. The van der Waals surface area contributed by atoms with Crippen molar-refractivity contribution in [3.8, 4) is 5.69 Å². The van der Waals surface area contributed by atoms with Crippen LogP contribution in [-0.2, 0) is 73.9 Å². The van der Waals surface area contributed by atoms with E-state index in [9.17, 15) is 9.59 Å². The van der Waals surface area contributed by atoms with Crippen molar-refractivity contribution in [3.63, 3.8) is 0 Å². The Bertz CT molecular complexity index is 2420. The maximum atomic E-state index is 11.8. The number of benzene rings is 5. The standard InChI is InChI=1S/C52H53N3O10/c1-36(56)59-35-47-46(63-37(2)57)28-27-45(64-47)42-23-25-43(26-24-42)55-29-44(53-54-55)49-51(61-32-40-19-11-5-12-20-40)52(62-33-41-21-13-6-14-22-41)50(60-31-39-17-9-4-10-18-39)48(65-49)34-58-30-38-15-7-3-8-16-38/h3-29,45-52H,30-35H2,1-2H3. The van der Waals surface area contributed by atoms with Gasteiger partial charge in [-0.25, -0.2) is 4.68 Å². The molecule has 8 unspecified atom stereocenters. The quantitative estimate of drug-likeness (QED) is 0.0573. The molecule has 0 amide bonds. The summed E-state index contributed by atoms with van der Waals surface area (Å²) in [6, 6.07) is 47.7. The molecule has 8 atom stereocenters. The molecule has 13 heteroatoms. The van der Waals surface area contributed by atoms with Crippen molar-refractivity contribution in [2.24, 2.45) is 0 Å². The van der Waals surface area contributed by atoms with Crippen LogP contribution in [0.2, 0.25) is 0 Å². The number of esters is 2. The van der Waals surface area contributed by atoms with Crippen molar-refractivity contribution in [2.45, 2.75) is 89.1 Å². The van der Waals surface area contributed by atoms with Crippen LogP contribution in [0.25, 0.3) is 5.69 Å². The third-order valence-electron chi connectivity index (χ3n) is 11.1. The molecule has 13 nitrogen and oxygen atoms in total. The van der Waals surface area contributed by atoms with Gasteiger partial charge in [-0.1, -0.05) is 145 Å². The Balaban J connectivity index is 1.09. The summed E-state index contributed by atoms with van der Waals surface area (Å²) in [7, 11) is 0. The van der Waals surface area contributed by atoms with E-state index in [1.54, 1.807) is 10.8 Å². The fourth-order valence-electron chi connectivity index (χ4n) is 7.85. The largest absolute Gasteiger partial charge is 0.463 e. The second-order valence-corrected chi connectivity index (χ2v) is 15.9. The zero-order valence-corrected chi connectivity index (χ0v) is 36.4. The number of carbonyl (C=O) groups excluding carboxylic acids is 2. The van der Waals surface area contributed by atoms with Gasteiger partial charge in [0.05, 0.1) is 44.9 Å². The van der Waals surface area contributed by atoms with E-state index in [4.69, 9.17) is 43.0 Å². The molecular formula is C52H53N3O10. The number of hydrogen-bond acceptors (Lipinski definition) is 12. The summed E-state index contributed by atoms with van der Waals surface area (Å²) in [5, 5.41) is 9.27. The van der Waals surface area contributed by atoms with Gasteiger partial charge in [-0.2, -0.15) is 0 Å². The van der Waals surface area contributed by atoms with Crippen LogP contribution in [-0.4, -0.2) is 76.8 Å². The molecule has 2 aliphatic rings. The molecule has 0 radical (unpaired) electrons. The van der Waals surface area contributed by atoms with Crippen molar-refractivity contribution < 1.29 is 47.5 Å². The van der Waals surface area contributed by atoms with Crippen LogP contribution in [0.5, 0.6) is 0 Å². The van der Waals surface area contributed by atoms with Crippen molar-refractivity contribution in [1.82, 2.24) is 15.0 Å². The van der Waals surface area contributed by atoms with E-state index in [1.165, 1.54) is 13.8 Å². The minimum Gasteiger partial charge on any atom is -0.463 e. The number of nitrogens with zero attached hydrogens (tertiary/aromatic N) is 3. The monoisotopic (exact) mass is 879 g/mol. The molecule has 0 saturated carbocycles. The third-order valence-corrected chi connectivity index (χ3v) is 11.1. The van der Waals surface area contributed by atoms with Gasteiger partial charge in [-0.05, 0) is 46.0 Å². The molecule has 336 valence electrons. The maximum absolute atomic E-state index is 11.8. The van der Waals surface area contributed by atoms with Gasteiger partial charge in [-0.3, -0.25) is 9.59 Å². The lowest BCUT2D eigenvalue weighted by molar-refractivity contribution is -0.275. The number of aromatic nitrogens is 3. The second kappa shape index (κ2) is 22.5. The van der Waals surface area contributed by atoms with Gasteiger partial charge < -0.3 is 37.9 Å². The molecule has 1 aromatic heterocycles. The minimum atomic E-state index is -0.741. The average molecular weight is 880 g/mol. The Morgan fingerprint density at radius 2 is 1.11 bits per heavy atom. The van der Waals surface area contributed by atoms with Crippen LogP contribution < -0.4 is 0 Å². The van der Waals surface area contributed by atoms with Gasteiger partial charge in [0, 0.05) is 13.8 Å². The topological polar surface area (TPSA) is 139 Å². The van der Waals surface area contributed by atoms with Crippen LogP contribution >= 0.6 is 0 Å². The van der Waals surface area contributed by atoms with Crippen LogP contribution in [0, 0.1) is 0 Å². The Hall–Kier alpha value is -6.32. The highest BCUT2D eigenvalue weighted by Crippen LogP contribution is 2.38. The van der Waals surface area contributed by atoms with E-state index in [0.29, 0.717) is 25.5 Å². The molecule has 0 aliphatic carbocycles. The first-order valence-electron chi connectivity index (χ1n) is 21.8. The van der Waals surface area contributed by atoms with Gasteiger partial charge in [0.25, 0.3) is 0 Å². The molecule has 2 aliphatic heterocycles. The minimum absolute atomic E-state index is 0.0642. The molecule has 6 aromatic rings.